The van der Waals surface area contributed by atoms with Gasteiger partial charge in [0.15, 0.2) is 11.7 Å². The molecule has 1 saturated carbocycles. The quantitative estimate of drug-likeness (QED) is 0.431. The minimum atomic E-state index is -1.75. The summed E-state index contributed by atoms with van der Waals surface area (Å²) >= 11 is 0. The topological polar surface area (TPSA) is 94.5 Å². The van der Waals surface area contributed by atoms with Gasteiger partial charge in [-0.05, 0) is 23.6 Å². The summed E-state index contributed by atoms with van der Waals surface area (Å²) in [6, 6.07) is 28.9. The lowest BCUT2D eigenvalue weighted by atomic mass is 9.78. The number of fused-ring (bicyclic) bond motifs is 1. The molecule has 2 fully saturated rings. The van der Waals surface area contributed by atoms with E-state index in [0.717, 1.165) is 16.7 Å². The van der Waals surface area contributed by atoms with E-state index >= 15 is 0 Å². The number of rotatable bonds is 9. The number of carbonyl (C=O) groups excluding carboxylic acids is 1. The van der Waals surface area contributed by atoms with Crippen molar-refractivity contribution in [2.24, 2.45) is 0 Å². The molecule has 1 saturated heterocycles. The fourth-order valence-electron chi connectivity index (χ4n) is 5.34. The zero-order valence-corrected chi connectivity index (χ0v) is 20.7. The maximum Gasteiger partial charge on any atom is 0.335 e. The van der Waals surface area contributed by atoms with Gasteiger partial charge in [0.2, 0.25) is 0 Å². The van der Waals surface area contributed by atoms with Crippen LogP contribution < -0.4 is 0 Å². The van der Waals surface area contributed by atoms with Crippen LogP contribution in [-0.2, 0) is 43.6 Å². The van der Waals surface area contributed by atoms with Gasteiger partial charge in [-0.3, -0.25) is 0 Å². The molecule has 0 aromatic heterocycles. The summed E-state index contributed by atoms with van der Waals surface area (Å²) in [5.74, 6) is -0.800. The summed E-state index contributed by atoms with van der Waals surface area (Å²) in [7, 11) is 0. The molecule has 0 radical (unpaired) electrons. The number of benzene rings is 3. The van der Waals surface area contributed by atoms with Crippen molar-refractivity contribution in [1.82, 2.24) is 0 Å². The Labute approximate surface area is 216 Å². The normalized spacial score (nSPS) is 31.1. The van der Waals surface area contributed by atoms with Gasteiger partial charge >= 0.3 is 5.97 Å². The Morgan fingerprint density at radius 1 is 0.757 bits per heavy atom. The number of hydrogen-bond acceptors (Lipinski definition) is 7. The van der Waals surface area contributed by atoms with Crippen LogP contribution in [0, 0.1) is 0 Å². The van der Waals surface area contributed by atoms with E-state index in [9.17, 15) is 15.0 Å². The lowest BCUT2D eigenvalue weighted by Crippen LogP contribution is -2.66. The highest BCUT2D eigenvalue weighted by atomic mass is 16.6. The zero-order valence-electron chi connectivity index (χ0n) is 20.7. The molecule has 0 bridgehead atoms. The van der Waals surface area contributed by atoms with Gasteiger partial charge in [0.1, 0.15) is 23.9 Å². The third kappa shape index (κ3) is 5.06. The van der Waals surface area contributed by atoms with Crippen molar-refractivity contribution in [3.05, 3.63) is 108 Å². The van der Waals surface area contributed by atoms with Crippen LogP contribution in [0.2, 0.25) is 0 Å². The third-order valence-corrected chi connectivity index (χ3v) is 7.39. The largest absolute Gasteiger partial charge is 0.451 e. The van der Waals surface area contributed by atoms with Crippen molar-refractivity contribution in [2.75, 3.05) is 0 Å². The number of aliphatic hydroxyl groups excluding tert-OH is 1. The molecule has 1 aliphatic carbocycles. The first-order chi connectivity index (χ1) is 17.9. The molecule has 194 valence electrons. The summed E-state index contributed by atoms with van der Waals surface area (Å²) < 4.78 is 24.9. The fourth-order valence-corrected chi connectivity index (χ4v) is 5.34. The number of aliphatic hydroxyl groups is 2. The van der Waals surface area contributed by atoms with Crippen LogP contribution in [0.25, 0.3) is 0 Å². The molecule has 37 heavy (non-hydrogen) atoms. The first-order valence-electron chi connectivity index (χ1n) is 12.5. The van der Waals surface area contributed by atoms with E-state index in [-0.39, 0.29) is 26.2 Å². The van der Waals surface area contributed by atoms with Crippen LogP contribution in [-0.4, -0.2) is 51.8 Å². The summed E-state index contributed by atoms with van der Waals surface area (Å²) in [6.07, 6.45) is -4.33. The predicted octanol–water partition coefficient (Wildman–Crippen LogP) is 3.55. The second-order valence-electron chi connectivity index (χ2n) is 9.87. The number of ether oxygens (including phenoxy) is 4. The van der Waals surface area contributed by atoms with Gasteiger partial charge in [0.05, 0.1) is 19.8 Å². The summed E-state index contributed by atoms with van der Waals surface area (Å²) in [4.78, 5) is 12.6. The smallest absolute Gasteiger partial charge is 0.335 e. The molecule has 0 amide bonds. The molecule has 2 N–H and O–H groups in total. The highest BCUT2D eigenvalue weighted by Gasteiger charge is 2.74. The van der Waals surface area contributed by atoms with Crippen molar-refractivity contribution in [3.8, 4) is 0 Å². The fraction of sp³-hybridized carbons (Fsp3) is 0.367. The van der Waals surface area contributed by atoms with Crippen molar-refractivity contribution >= 4 is 5.97 Å². The Morgan fingerprint density at radius 2 is 1.19 bits per heavy atom. The molecule has 5 rings (SSSR count). The lowest BCUT2D eigenvalue weighted by molar-refractivity contribution is -0.256. The van der Waals surface area contributed by atoms with Gasteiger partial charge < -0.3 is 29.2 Å². The highest BCUT2D eigenvalue weighted by molar-refractivity contribution is 5.76. The summed E-state index contributed by atoms with van der Waals surface area (Å²) in [5.41, 5.74) is -0.488. The highest BCUT2D eigenvalue weighted by Crippen LogP contribution is 2.52. The molecule has 2 aliphatic rings. The van der Waals surface area contributed by atoms with Crippen LogP contribution in [0.15, 0.2) is 91.0 Å². The van der Waals surface area contributed by atoms with Crippen molar-refractivity contribution in [3.63, 3.8) is 0 Å². The maximum absolute atomic E-state index is 12.6. The Morgan fingerprint density at radius 3 is 1.68 bits per heavy atom. The third-order valence-electron chi connectivity index (χ3n) is 7.39. The van der Waals surface area contributed by atoms with E-state index < -0.39 is 41.6 Å². The second kappa shape index (κ2) is 10.7. The Kier molecular flexibility index (Phi) is 7.42. The molecule has 1 heterocycles. The number of hydrogen-bond donors (Lipinski definition) is 2. The average Bonchev–Trinajstić information content (AvgIpc) is 3.09. The van der Waals surface area contributed by atoms with E-state index in [4.69, 9.17) is 18.9 Å². The molecular formula is C30H32O7. The predicted molar refractivity (Wildman–Crippen MR) is 135 cm³/mol. The Balaban J connectivity index is 1.49. The van der Waals surface area contributed by atoms with Crippen LogP contribution in [0.4, 0.5) is 0 Å². The van der Waals surface area contributed by atoms with Gasteiger partial charge in [-0.2, -0.15) is 0 Å². The van der Waals surface area contributed by atoms with Gasteiger partial charge in [0, 0.05) is 6.42 Å². The van der Waals surface area contributed by atoms with Gasteiger partial charge in [-0.1, -0.05) is 91.0 Å². The standard InChI is InChI=1S/C30H32O7/c1-29-26(35-19-22-13-7-3-8-14-22)25(34-18-21-11-5-2-6-12-21)27(36-20-23-15-9-4-10-16-23)30(29,33)17-24(31)28(32)37-29/h2-16,24-27,31,33H,17-20H2,1H3/t24-,25+,26+,27-,29-,30-/m0/s1. The molecule has 1 aliphatic heterocycles. The van der Waals surface area contributed by atoms with E-state index in [1.165, 1.54) is 0 Å². The van der Waals surface area contributed by atoms with Crippen molar-refractivity contribution in [2.45, 2.75) is 68.8 Å². The van der Waals surface area contributed by atoms with Crippen LogP contribution in [0.1, 0.15) is 30.0 Å². The van der Waals surface area contributed by atoms with Gasteiger partial charge in [-0.25, -0.2) is 4.79 Å². The van der Waals surface area contributed by atoms with Crippen molar-refractivity contribution in [1.29, 1.82) is 0 Å². The van der Waals surface area contributed by atoms with Gasteiger partial charge in [-0.15, -0.1) is 0 Å². The van der Waals surface area contributed by atoms with Crippen LogP contribution in [0.5, 0.6) is 0 Å². The van der Waals surface area contributed by atoms with E-state index in [2.05, 4.69) is 0 Å². The molecular weight excluding hydrogens is 472 g/mol. The van der Waals surface area contributed by atoms with Crippen molar-refractivity contribution < 1.29 is 34.0 Å². The molecule has 3 aromatic rings. The zero-order chi connectivity index (χ0) is 25.9. The van der Waals surface area contributed by atoms with E-state index in [0.29, 0.717) is 0 Å². The molecule has 6 atom stereocenters. The molecule has 7 heteroatoms. The Hall–Kier alpha value is -3.07. The SMILES string of the molecule is C[C@@]12OC(=O)[C@@H](O)C[C@]1(O)[C@@H](OCc1ccccc1)[C@H](OCc1ccccc1)[C@H]2OCc1ccccc1. The van der Waals surface area contributed by atoms with E-state index in [1.54, 1.807) is 6.92 Å². The van der Waals surface area contributed by atoms with Crippen LogP contribution in [0.3, 0.4) is 0 Å². The molecule has 0 spiro atoms. The summed E-state index contributed by atoms with van der Waals surface area (Å²) in [5, 5.41) is 22.5. The minimum Gasteiger partial charge on any atom is -0.451 e. The van der Waals surface area contributed by atoms with Gasteiger partial charge in [0.25, 0.3) is 0 Å². The average molecular weight is 505 g/mol. The second-order valence-corrected chi connectivity index (χ2v) is 9.87. The molecule has 0 unspecified atom stereocenters. The maximum atomic E-state index is 12.6. The minimum absolute atomic E-state index is 0.199. The molecule has 7 nitrogen and oxygen atoms in total. The first-order valence-corrected chi connectivity index (χ1v) is 12.5. The van der Waals surface area contributed by atoms with E-state index in [1.807, 2.05) is 91.0 Å². The summed E-state index contributed by atoms with van der Waals surface area (Å²) in [6.45, 7) is 2.29. The number of esters is 1. The lowest BCUT2D eigenvalue weighted by Gasteiger charge is -2.47. The first kappa shape index (κ1) is 25.6. The number of carbonyl (C=O) groups is 1. The monoisotopic (exact) mass is 504 g/mol. The Bertz CT molecular complexity index is 1170. The molecule has 3 aromatic carbocycles. The van der Waals surface area contributed by atoms with Crippen LogP contribution >= 0.6 is 0 Å².